The first kappa shape index (κ1) is 23.9. The van der Waals surface area contributed by atoms with E-state index in [4.69, 9.17) is 4.74 Å². The lowest BCUT2D eigenvalue weighted by Crippen LogP contribution is -2.40. The first-order valence-corrected chi connectivity index (χ1v) is 13.1. The number of para-hydroxylation sites is 1. The van der Waals surface area contributed by atoms with Crippen molar-refractivity contribution >= 4 is 21.6 Å². The fourth-order valence-electron chi connectivity index (χ4n) is 4.14. The molecule has 184 valence electrons. The fourth-order valence-corrected chi connectivity index (χ4v) is 5.80. The van der Waals surface area contributed by atoms with Crippen LogP contribution < -0.4 is 5.32 Å². The zero-order valence-corrected chi connectivity index (χ0v) is 20.6. The van der Waals surface area contributed by atoms with E-state index >= 15 is 0 Å². The highest BCUT2D eigenvalue weighted by Gasteiger charge is 2.28. The number of rotatable bonds is 6. The number of benzene rings is 3. The van der Waals surface area contributed by atoms with Gasteiger partial charge in [-0.05, 0) is 36.8 Å². The van der Waals surface area contributed by atoms with Crippen molar-refractivity contribution in [1.82, 2.24) is 14.1 Å². The summed E-state index contributed by atoms with van der Waals surface area (Å²) in [5.41, 5.74) is 3.54. The molecule has 9 heteroatoms. The van der Waals surface area contributed by atoms with Gasteiger partial charge in [-0.1, -0.05) is 54.6 Å². The van der Waals surface area contributed by atoms with E-state index in [1.54, 1.807) is 29.9 Å². The van der Waals surface area contributed by atoms with E-state index in [0.29, 0.717) is 48.8 Å². The van der Waals surface area contributed by atoms with Crippen molar-refractivity contribution in [2.24, 2.45) is 0 Å². The van der Waals surface area contributed by atoms with Crippen molar-refractivity contribution in [3.63, 3.8) is 0 Å². The van der Waals surface area contributed by atoms with Crippen LogP contribution in [0, 0.1) is 6.92 Å². The summed E-state index contributed by atoms with van der Waals surface area (Å²) >= 11 is 0. The zero-order chi connectivity index (χ0) is 25.1. The summed E-state index contributed by atoms with van der Waals surface area (Å²) < 4.78 is 34.9. The van der Waals surface area contributed by atoms with Crippen LogP contribution in [0.15, 0.2) is 90.0 Å². The molecule has 0 bridgehead atoms. The Hall–Kier alpha value is -3.79. The van der Waals surface area contributed by atoms with Crippen molar-refractivity contribution in [3.05, 3.63) is 96.2 Å². The molecule has 0 aliphatic carbocycles. The first-order valence-electron chi connectivity index (χ1n) is 11.6. The van der Waals surface area contributed by atoms with E-state index in [-0.39, 0.29) is 10.8 Å². The predicted molar refractivity (Wildman–Crippen MR) is 138 cm³/mol. The number of morpholine rings is 1. The Kier molecular flexibility index (Phi) is 6.69. The quantitative estimate of drug-likeness (QED) is 0.428. The van der Waals surface area contributed by atoms with E-state index in [9.17, 15) is 13.2 Å². The normalized spacial score (nSPS) is 14.5. The molecular weight excluding hydrogens is 476 g/mol. The molecule has 1 fully saturated rings. The van der Waals surface area contributed by atoms with Gasteiger partial charge >= 0.3 is 0 Å². The number of ether oxygens (including phenoxy) is 1. The lowest BCUT2D eigenvalue weighted by molar-refractivity contribution is 0.0730. The number of carbonyl (C=O) groups is 1. The number of amides is 1. The standard InChI is InChI=1S/C27H26N4O4S/c1-20-12-13-22(18-25(20)36(33,34)30-14-16-35-17-15-30)28-27(32)24-19-31(23-10-6-3-7-11-23)29-26(24)21-8-4-2-5-9-21/h2-13,18-19H,14-17H2,1H3,(H,28,32). The maximum atomic E-state index is 13.5. The molecule has 3 aromatic carbocycles. The molecular formula is C27H26N4O4S. The van der Waals surface area contributed by atoms with E-state index in [1.165, 1.54) is 10.4 Å². The third-order valence-electron chi connectivity index (χ3n) is 6.06. The smallest absolute Gasteiger partial charge is 0.259 e. The SMILES string of the molecule is Cc1ccc(NC(=O)c2cn(-c3ccccc3)nc2-c2ccccc2)cc1S(=O)(=O)N1CCOCC1. The van der Waals surface area contributed by atoms with Gasteiger partial charge in [0.05, 0.1) is 29.4 Å². The molecule has 1 aliphatic heterocycles. The maximum absolute atomic E-state index is 13.5. The molecule has 8 nitrogen and oxygen atoms in total. The van der Waals surface area contributed by atoms with E-state index in [0.717, 1.165) is 11.3 Å². The molecule has 1 N–H and O–H groups in total. The molecule has 36 heavy (non-hydrogen) atoms. The summed E-state index contributed by atoms with van der Waals surface area (Å²) in [4.78, 5) is 13.6. The van der Waals surface area contributed by atoms with Gasteiger partial charge in [0.1, 0.15) is 5.69 Å². The summed E-state index contributed by atoms with van der Waals surface area (Å²) in [6.07, 6.45) is 1.69. The highest BCUT2D eigenvalue weighted by molar-refractivity contribution is 7.89. The molecule has 0 radical (unpaired) electrons. The van der Waals surface area contributed by atoms with Crippen molar-refractivity contribution in [2.75, 3.05) is 31.6 Å². The fraction of sp³-hybridized carbons (Fsp3) is 0.185. The van der Waals surface area contributed by atoms with Crippen LogP contribution in [-0.4, -0.2) is 54.7 Å². The van der Waals surface area contributed by atoms with Gasteiger partial charge in [0.2, 0.25) is 10.0 Å². The molecule has 0 unspecified atom stereocenters. The number of aromatic nitrogens is 2. The predicted octanol–water partition coefficient (Wildman–Crippen LogP) is 4.12. The van der Waals surface area contributed by atoms with Crippen LogP contribution in [0.3, 0.4) is 0 Å². The average Bonchev–Trinajstić information content (AvgIpc) is 3.37. The largest absolute Gasteiger partial charge is 0.379 e. The van der Waals surface area contributed by atoms with Crippen LogP contribution in [0.2, 0.25) is 0 Å². The van der Waals surface area contributed by atoms with Crippen LogP contribution in [0.25, 0.3) is 16.9 Å². The topological polar surface area (TPSA) is 93.5 Å². The molecule has 1 saturated heterocycles. The summed E-state index contributed by atoms with van der Waals surface area (Å²) in [5.74, 6) is -0.380. The van der Waals surface area contributed by atoms with Gasteiger partial charge in [0, 0.05) is 30.5 Å². The second-order valence-corrected chi connectivity index (χ2v) is 10.4. The number of hydrogen-bond acceptors (Lipinski definition) is 5. The Morgan fingerprint density at radius 1 is 0.944 bits per heavy atom. The van der Waals surface area contributed by atoms with Gasteiger partial charge in [-0.3, -0.25) is 4.79 Å². The summed E-state index contributed by atoms with van der Waals surface area (Å²) in [7, 11) is -3.71. The van der Waals surface area contributed by atoms with Gasteiger partial charge < -0.3 is 10.1 Å². The van der Waals surface area contributed by atoms with Crippen LogP contribution >= 0.6 is 0 Å². The van der Waals surface area contributed by atoms with Crippen molar-refractivity contribution in [3.8, 4) is 16.9 Å². The lowest BCUT2D eigenvalue weighted by Gasteiger charge is -2.26. The number of hydrogen-bond donors (Lipinski definition) is 1. The minimum Gasteiger partial charge on any atom is -0.379 e. The van der Waals surface area contributed by atoms with E-state index in [2.05, 4.69) is 10.4 Å². The molecule has 4 aromatic rings. The molecule has 2 heterocycles. The van der Waals surface area contributed by atoms with Crippen LogP contribution in [0.5, 0.6) is 0 Å². The number of carbonyl (C=O) groups excluding carboxylic acids is 1. The molecule has 5 rings (SSSR count). The van der Waals surface area contributed by atoms with Crippen molar-refractivity contribution < 1.29 is 17.9 Å². The third-order valence-corrected chi connectivity index (χ3v) is 8.10. The zero-order valence-electron chi connectivity index (χ0n) is 19.8. The van der Waals surface area contributed by atoms with Crippen LogP contribution in [-0.2, 0) is 14.8 Å². The van der Waals surface area contributed by atoms with Gasteiger partial charge in [0.25, 0.3) is 5.91 Å². The summed E-state index contributed by atoms with van der Waals surface area (Å²) in [6, 6.07) is 23.9. The summed E-state index contributed by atoms with van der Waals surface area (Å²) in [5, 5.41) is 7.56. The molecule has 0 atom stereocenters. The minimum absolute atomic E-state index is 0.172. The Morgan fingerprint density at radius 2 is 1.61 bits per heavy atom. The highest BCUT2D eigenvalue weighted by atomic mass is 32.2. The van der Waals surface area contributed by atoms with Gasteiger partial charge in [0.15, 0.2) is 0 Å². The molecule has 1 aromatic heterocycles. The third kappa shape index (κ3) is 4.81. The Balaban J connectivity index is 1.49. The molecule has 1 amide bonds. The number of nitrogens with zero attached hydrogens (tertiary/aromatic N) is 3. The second kappa shape index (κ2) is 10.1. The number of anilines is 1. The molecule has 0 saturated carbocycles. The van der Waals surface area contributed by atoms with Gasteiger partial charge in [-0.2, -0.15) is 9.40 Å². The molecule has 1 aliphatic rings. The number of aryl methyl sites for hydroxylation is 1. The van der Waals surface area contributed by atoms with E-state index < -0.39 is 10.0 Å². The maximum Gasteiger partial charge on any atom is 0.259 e. The number of sulfonamides is 1. The van der Waals surface area contributed by atoms with Gasteiger partial charge in [-0.15, -0.1) is 0 Å². The average molecular weight is 503 g/mol. The first-order chi connectivity index (χ1) is 17.4. The monoisotopic (exact) mass is 502 g/mol. The molecule has 0 spiro atoms. The minimum atomic E-state index is -3.71. The van der Waals surface area contributed by atoms with Crippen molar-refractivity contribution in [2.45, 2.75) is 11.8 Å². The van der Waals surface area contributed by atoms with Gasteiger partial charge in [-0.25, -0.2) is 13.1 Å². The Labute approximate surface area is 210 Å². The lowest BCUT2D eigenvalue weighted by atomic mass is 10.1. The van der Waals surface area contributed by atoms with E-state index in [1.807, 2.05) is 60.7 Å². The number of nitrogens with one attached hydrogen (secondary N) is 1. The Morgan fingerprint density at radius 3 is 2.31 bits per heavy atom. The highest BCUT2D eigenvalue weighted by Crippen LogP contribution is 2.27. The Bertz CT molecular complexity index is 1480. The summed E-state index contributed by atoms with van der Waals surface area (Å²) in [6.45, 7) is 3.08. The van der Waals surface area contributed by atoms with Crippen LogP contribution in [0.4, 0.5) is 5.69 Å². The second-order valence-electron chi connectivity index (χ2n) is 8.49. The van der Waals surface area contributed by atoms with Crippen LogP contribution in [0.1, 0.15) is 15.9 Å². The van der Waals surface area contributed by atoms with Crippen molar-refractivity contribution in [1.29, 1.82) is 0 Å².